The second-order valence-corrected chi connectivity index (χ2v) is 3.95. The van der Waals surface area contributed by atoms with Gasteiger partial charge in [-0.25, -0.2) is 0 Å². The average Bonchev–Trinajstić information content (AvgIpc) is 2.76. The number of ether oxygens (including phenoxy) is 1. The van der Waals surface area contributed by atoms with Gasteiger partial charge in [0.05, 0.1) is 12.6 Å². The van der Waals surface area contributed by atoms with Gasteiger partial charge in [0, 0.05) is 0 Å². The van der Waals surface area contributed by atoms with Crippen LogP contribution in [0.25, 0.3) is 11.0 Å². The highest BCUT2D eigenvalue weighted by molar-refractivity contribution is 5.85. The van der Waals surface area contributed by atoms with Gasteiger partial charge in [-0.05, 0) is 30.5 Å². The van der Waals surface area contributed by atoms with E-state index < -0.39 is 12.0 Å². The SMILES string of the molecule is COC(=O)[C@H](N)Cc1cc(C)c2[nH]nnc2c1.Cl. The standard InChI is InChI=1S/C11H14N4O2.ClH/c1-6-3-7(4-8(12)11(16)17-2)5-9-10(6)14-15-13-9;/h3,5,8H,4,12H2,1-2H3,(H,13,14,15);1H/t8-;/m1./s1. The van der Waals surface area contributed by atoms with Crippen molar-refractivity contribution in [2.75, 3.05) is 7.11 Å². The van der Waals surface area contributed by atoms with E-state index in [1.807, 2.05) is 19.1 Å². The number of aryl methyl sites for hydroxylation is 1. The second-order valence-electron chi connectivity index (χ2n) is 3.95. The molecule has 0 aliphatic heterocycles. The Labute approximate surface area is 110 Å². The lowest BCUT2D eigenvalue weighted by molar-refractivity contribution is -0.142. The lowest BCUT2D eigenvalue weighted by Crippen LogP contribution is -2.33. The van der Waals surface area contributed by atoms with Crippen molar-refractivity contribution in [3.05, 3.63) is 23.3 Å². The van der Waals surface area contributed by atoms with E-state index >= 15 is 0 Å². The quantitative estimate of drug-likeness (QED) is 0.802. The van der Waals surface area contributed by atoms with Crippen LogP contribution in [0.3, 0.4) is 0 Å². The summed E-state index contributed by atoms with van der Waals surface area (Å²) in [6, 6.07) is 3.18. The minimum Gasteiger partial charge on any atom is -0.468 e. The Hall–Kier alpha value is -1.66. The maximum Gasteiger partial charge on any atom is 0.322 e. The first-order chi connectivity index (χ1) is 8.11. The Morgan fingerprint density at radius 2 is 2.28 bits per heavy atom. The number of nitrogens with one attached hydrogen (secondary N) is 1. The van der Waals surface area contributed by atoms with Crippen molar-refractivity contribution in [1.82, 2.24) is 15.4 Å². The molecular formula is C11H15ClN4O2. The largest absolute Gasteiger partial charge is 0.468 e. The molecule has 1 aromatic carbocycles. The number of aromatic nitrogens is 3. The van der Waals surface area contributed by atoms with Crippen molar-refractivity contribution >= 4 is 29.4 Å². The maximum atomic E-state index is 11.2. The summed E-state index contributed by atoms with van der Waals surface area (Å²) in [5.74, 6) is -0.414. The summed E-state index contributed by atoms with van der Waals surface area (Å²) in [5, 5.41) is 10.5. The number of halogens is 1. The number of rotatable bonds is 3. The molecule has 6 nitrogen and oxygen atoms in total. The number of carbonyl (C=O) groups is 1. The van der Waals surface area contributed by atoms with Crippen molar-refractivity contribution in [3.63, 3.8) is 0 Å². The number of nitrogens with zero attached hydrogens (tertiary/aromatic N) is 2. The highest BCUT2D eigenvalue weighted by Crippen LogP contribution is 2.17. The molecule has 3 N–H and O–H groups in total. The predicted molar refractivity (Wildman–Crippen MR) is 69.6 cm³/mol. The van der Waals surface area contributed by atoms with Gasteiger partial charge in [0.1, 0.15) is 11.6 Å². The molecule has 98 valence electrons. The normalized spacial score (nSPS) is 11.9. The third-order valence-electron chi connectivity index (χ3n) is 2.65. The molecule has 7 heteroatoms. The van der Waals surface area contributed by atoms with E-state index in [9.17, 15) is 4.79 Å². The van der Waals surface area contributed by atoms with Gasteiger partial charge < -0.3 is 10.5 Å². The van der Waals surface area contributed by atoms with Crippen LogP contribution < -0.4 is 5.73 Å². The fourth-order valence-corrected chi connectivity index (χ4v) is 1.80. The van der Waals surface area contributed by atoms with Gasteiger partial charge in [-0.2, -0.15) is 0 Å². The molecule has 0 fully saturated rings. The van der Waals surface area contributed by atoms with Gasteiger partial charge in [-0.3, -0.25) is 9.89 Å². The number of aromatic amines is 1. The highest BCUT2D eigenvalue weighted by Gasteiger charge is 2.15. The number of hydrogen-bond acceptors (Lipinski definition) is 5. The number of methoxy groups -OCH3 is 1. The molecule has 0 aliphatic carbocycles. The molecule has 0 aliphatic rings. The summed E-state index contributed by atoms with van der Waals surface area (Å²) < 4.78 is 4.59. The van der Waals surface area contributed by atoms with E-state index in [4.69, 9.17) is 5.73 Å². The van der Waals surface area contributed by atoms with Crippen molar-refractivity contribution < 1.29 is 9.53 Å². The number of hydrogen-bond donors (Lipinski definition) is 2. The van der Waals surface area contributed by atoms with Gasteiger partial charge in [0.2, 0.25) is 0 Å². The Morgan fingerprint density at radius 1 is 1.56 bits per heavy atom. The van der Waals surface area contributed by atoms with E-state index in [0.29, 0.717) is 6.42 Å². The van der Waals surface area contributed by atoms with Crippen LogP contribution in [0.15, 0.2) is 12.1 Å². The van der Waals surface area contributed by atoms with Gasteiger partial charge in [0.25, 0.3) is 0 Å². The van der Waals surface area contributed by atoms with E-state index in [2.05, 4.69) is 20.1 Å². The monoisotopic (exact) mass is 270 g/mol. The van der Waals surface area contributed by atoms with Crippen LogP contribution in [-0.4, -0.2) is 34.5 Å². The third-order valence-corrected chi connectivity index (χ3v) is 2.65. The summed E-state index contributed by atoms with van der Waals surface area (Å²) >= 11 is 0. The third kappa shape index (κ3) is 2.77. The first kappa shape index (κ1) is 14.4. The molecule has 2 aromatic rings. The summed E-state index contributed by atoms with van der Waals surface area (Å²) in [6.45, 7) is 1.95. The Kier molecular flexibility index (Phi) is 4.63. The summed E-state index contributed by atoms with van der Waals surface area (Å²) in [7, 11) is 1.33. The van der Waals surface area contributed by atoms with Crippen LogP contribution in [0.2, 0.25) is 0 Å². The summed E-state index contributed by atoms with van der Waals surface area (Å²) in [5.41, 5.74) is 9.36. The number of benzene rings is 1. The molecule has 0 radical (unpaired) electrons. The van der Waals surface area contributed by atoms with Gasteiger partial charge in [0.15, 0.2) is 0 Å². The van der Waals surface area contributed by atoms with E-state index in [1.165, 1.54) is 7.11 Å². The number of carbonyl (C=O) groups excluding carboxylic acids is 1. The topological polar surface area (TPSA) is 93.9 Å². The first-order valence-corrected chi connectivity index (χ1v) is 5.25. The molecule has 18 heavy (non-hydrogen) atoms. The molecule has 0 saturated heterocycles. The van der Waals surface area contributed by atoms with Crippen LogP contribution in [0.5, 0.6) is 0 Å². The zero-order valence-electron chi connectivity index (χ0n) is 10.1. The minimum absolute atomic E-state index is 0. The molecule has 1 aromatic heterocycles. The number of nitrogens with two attached hydrogens (primary N) is 1. The number of fused-ring (bicyclic) bond motifs is 1. The molecule has 0 bridgehead atoms. The van der Waals surface area contributed by atoms with Crippen LogP contribution in [0.4, 0.5) is 0 Å². The zero-order valence-corrected chi connectivity index (χ0v) is 11.0. The second kappa shape index (κ2) is 5.79. The summed E-state index contributed by atoms with van der Waals surface area (Å²) in [4.78, 5) is 11.2. The zero-order chi connectivity index (χ0) is 12.4. The Balaban J connectivity index is 0.00000162. The molecule has 0 amide bonds. The summed E-state index contributed by atoms with van der Waals surface area (Å²) in [6.07, 6.45) is 0.427. The van der Waals surface area contributed by atoms with Crippen molar-refractivity contribution in [2.45, 2.75) is 19.4 Å². The maximum absolute atomic E-state index is 11.2. The van der Waals surface area contributed by atoms with Crippen LogP contribution in [0.1, 0.15) is 11.1 Å². The number of esters is 1. The highest BCUT2D eigenvalue weighted by atomic mass is 35.5. The van der Waals surface area contributed by atoms with E-state index in [-0.39, 0.29) is 12.4 Å². The molecule has 1 atom stereocenters. The number of H-pyrrole nitrogens is 1. The lowest BCUT2D eigenvalue weighted by Gasteiger charge is -2.09. The van der Waals surface area contributed by atoms with Crippen LogP contribution in [-0.2, 0) is 16.0 Å². The van der Waals surface area contributed by atoms with Crippen LogP contribution in [0, 0.1) is 6.92 Å². The fraction of sp³-hybridized carbons (Fsp3) is 0.364. The fourth-order valence-electron chi connectivity index (χ4n) is 1.80. The van der Waals surface area contributed by atoms with E-state index in [1.54, 1.807) is 0 Å². The Bertz CT molecular complexity index is 555. The molecule has 0 unspecified atom stereocenters. The average molecular weight is 271 g/mol. The Morgan fingerprint density at radius 3 is 2.94 bits per heavy atom. The molecular weight excluding hydrogens is 256 g/mol. The minimum atomic E-state index is -0.649. The van der Waals surface area contributed by atoms with Gasteiger partial charge in [-0.15, -0.1) is 17.5 Å². The van der Waals surface area contributed by atoms with Gasteiger partial charge >= 0.3 is 5.97 Å². The molecule has 0 saturated carbocycles. The van der Waals surface area contributed by atoms with Crippen molar-refractivity contribution in [2.24, 2.45) is 5.73 Å². The van der Waals surface area contributed by atoms with Gasteiger partial charge in [-0.1, -0.05) is 11.3 Å². The first-order valence-electron chi connectivity index (χ1n) is 5.25. The molecule has 2 rings (SSSR count). The van der Waals surface area contributed by atoms with Crippen molar-refractivity contribution in [1.29, 1.82) is 0 Å². The smallest absolute Gasteiger partial charge is 0.322 e. The predicted octanol–water partition coefficient (Wildman–Crippen LogP) is 0.731. The van der Waals surface area contributed by atoms with Crippen LogP contribution >= 0.6 is 12.4 Å². The van der Waals surface area contributed by atoms with E-state index in [0.717, 1.165) is 22.2 Å². The lowest BCUT2D eigenvalue weighted by atomic mass is 10.0. The molecule has 1 heterocycles. The molecule has 0 spiro atoms. The van der Waals surface area contributed by atoms with Crippen molar-refractivity contribution in [3.8, 4) is 0 Å².